The third-order valence-electron chi connectivity index (χ3n) is 5.09. The Bertz CT molecular complexity index is 901. The molecule has 0 aliphatic heterocycles. The number of aliphatic hydroxyl groups excluding tert-OH is 1. The summed E-state index contributed by atoms with van der Waals surface area (Å²) in [5.41, 5.74) is 2.42. The fraction of sp³-hybridized carbons (Fsp3) is 0.350. The molecule has 0 spiro atoms. The minimum atomic E-state index is -0.520. The summed E-state index contributed by atoms with van der Waals surface area (Å²) in [5.74, 6) is 0.162. The van der Waals surface area contributed by atoms with Crippen molar-refractivity contribution in [2.24, 2.45) is 5.92 Å². The monoisotopic (exact) mass is 365 g/mol. The molecule has 0 saturated heterocycles. The van der Waals surface area contributed by atoms with E-state index in [-0.39, 0.29) is 11.9 Å². The van der Waals surface area contributed by atoms with Gasteiger partial charge in [0.25, 0.3) is 5.91 Å². The maximum atomic E-state index is 12.6. The van der Waals surface area contributed by atoms with Crippen molar-refractivity contribution in [2.75, 3.05) is 0 Å². The highest BCUT2D eigenvalue weighted by Crippen LogP contribution is 2.28. The minimum Gasteiger partial charge on any atom is -0.391 e. The Labute approximate surface area is 157 Å². The second-order valence-electron chi connectivity index (χ2n) is 7.19. The number of imidazole rings is 1. The summed E-state index contributed by atoms with van der Waals surface area (Å²) in [6, 6.07) is 9.02. The van der Waals surface area contributed by atoms with Gasteiger partial charge in [0.2, 0.25) is 0 Å². The minimum absolute atomic E-state index is 0.162. The second-order valence-corrected chi connectivity index (χ2v) is 7.19. The molecule has 140 valence electrons. The van der Waals surface area contributed by atoms with Crippen molar-refractivity contribution in [3.05, 3.63) is 66.5 Å². The highest BCUT2D eigenvalue weighted by atomic mass is 16.3. The first-order valence-electron chi connectivity index (χ1n) is 9.16. The van der Waals surface area contributed by atoms with E-state index >= 15 is 0 Å². The van der Waals surface area contributed by atoms with Crippen LogP contribution in [0.4, 0.5) is 0 Å². The number of rotatable bonds is 5. The molecule has 7 heteroatoms. The van der Waals surface area contributed by atoms with Crippen molar-refractivity contribution < 1.29 is 9.90 Å². The number of carbonyl (C=O) groups is 1. The number of nitrogens with one attached hydrogen (secondary N) is 1. The third-order valence-corrected chi connectivity index (χ3v) is 5.09. The molecule has 0 radical (unpaired) electrons. The van der Waals surface area contributed by atoms with Crippen LogP contribution in [0.5, 0.6) is 0 Å². The van der Waals surface area contributed by atoms with Crippen molar-refractivity contribution in [2.45, 2.75) is 38.5 Å². The zero-order chi connectivity index (χ0) is 18.8. The number of hydrogen-bond acceptors (Lipinski definition) is 4. The molecule has 0 bridgehead atoms. The Hall–Kier alpha value is -2.93. The van der Waals surface area contributed by atoms with E-state index in [4.69, 9.17) is 0 Å². The van der Waals surface area contributed by atoms with Crippen molar-refractivity contribution in [1.29, 1.82) is 0 Å². The number of benzene rings is 1. The Morgan fingerprint density at radius 2 is 2.04 bits per heavy atom. The highest BCUT2D eigenvalue weighted by molar-refractivity contribution is 5.94. The van der Waals surface area contributed by atoms with Crippen LogP contribution in [0.2, 0.25) is 0 Å². The maximum Gasteiger partial charge on any atom is 0.251 e. The summed E-state index contributed by atoms with van der Waals surface area (Å²) in [5, 5.41) is 17.7. The molecule has 27 heavy (non-hydrogen) atoms. The molecule has 4 rings (SSSR count). The maximum absolute atomic E-state index is 12.6. The van der Waals surface area contributed by atoms with Gasteiger partial charge in [0.05, 0.1) is 29.9 Å². The van der Waals surface area contributed by atoms with Gasteiger partial charge in [0.15, 0.2) is 0 Å². The van der Waals surface area contributed by atoms with E-state index in [0.717, 1.165) is 24.3 Å². The van der Waals surface area contributed by atoms with Gasteiger partial charge in [-0.05, 0) is 56.0 Å². The molecule has 3 aromatic rings. The summed E-state index contributed by atoms with van der Waals surface area (Å²) >= 11 is 0. The molecule has 1 aliphatic rings. The molecule has 1 aromatic carbocycles. The van der Waals surface area contributed by atoms with Crippen LogP contribution in [0.25, 0.3) is 5.69 Å². The molecular formula is C20H23N5O2. The molecule has 1 amide bonds. The summed E-state index contributed by atoms with van der Waals surface area (Å²) < 4.78 is 3.79. The molecule has 1 aliphatic carbocycles. The van der Waals surface area contributed by atoms with Gasteiger partial charge in [-0.25, -0.2) is 9.67 Å². The van der Waals surface area contributed by atoms with Crippen LogP contribution < -0.4 is 5.32 Å². The molecule has 1 fully saturated rings. The van der Waals surface area contributed by atoms with Crippen LogP contribution in [0.1, 0.15) is 28.9 Å². The second kappa shape index (κ2) is 7.36. The first-order chi connectivity index (χ1) is 13.1. The van der Waals surface area contributed by atoms with Gasteiger partial charge in [0, 0.05) is 30.7 Å². The number of carbonyl (C=O) groups excluding carboxylic acids is 1. The number of aryl methyl sites for hydroxylation is 1. The number of amides is 1. The Morgan fingerprint density at radius 3 is 2.70 bits per heavy atom. The lowest BCUT2D eigenvalue weighted by atomic mass is 10.1. The van der Waals surface area contributed by atoms with E-state index in [9.17, 15) is 9.90 Å². The zero-order valence-corrected chi connectivity index (χ0v) is 15.2. The fourth-order valence-electron chi connectivity index (χ4n) is 3.69. The van der Waals surface area contributed by atoms with Gasteiger partial charge in [-0.3, -0.25) is 4.79 Å². The predicted molar refractivity (Wildman–Crippen MR) is 101 cm³/mol. The Morgan fingerprint density at radius 1 is 1.22 bits per heavy atom. The zero-order valence-electron chi connectivity index (χ0n) is 15.2. The molecule has 2 heterocycles. The van der Waals surface area contributed by atoms with Crippen LogP contribution in [-0.4, -0.2) is 42.5 Å². The topological polar surface area (TPSA) is 85.0 Å². The van der Waals surface area contributed by atoms with Crippen LogP contribution in [0, 0.1) is 12.8 Å². The Kier molecular flexibility index (Phi) is 4.77. The first-order valence-corrected chi connectivity index (χ1v) is 9.16. The molecule has 1 saturated carbocycles. The van der Waals surface area contributed by atoms with E-state index in [1.54, 1.807) is 29.3 Å². The third kappa shape index (κ3) is 3.93. The van der Waals surface area contributed by atoms with Gasteiger partial charge >= 0.3 is 0 Å². The molecular weight excluding hydrogens is 342 g/mol. The van der Waals surface area contributed by atoms with Crippen LogP contribution in [-0.2, 0) is 6.54 Å². The number of nitrogens with zero attached hydrogens (tertiary/aromatic N) is 4. The smallest absolute Gasteiger partial charge is 0.251 e. The van der Waals surface area contributed by atoms with Gasteiger partial charge in [-0.15, -0.1) is 0 Å². The van der Waals surface area contributed by atoms with E-state index in [1.807, 2.05) is 42.1 Å². The highest BCUT2D eigenvalue weighted by Gasteiger charge is 2.34. The van der Waals surface area contributed by atoms with Gasteiger partial charge < -0.3 is 15.0 Å². The lowest BCUT2D eigenvalue weighted by Crippen LogP contribution is -2.39. The first kappa shape index (κ1) is 17.5. The summed E-state index contributed by atoms with van der Waals surface area (Å²) in [6.07, 6.45) is 8.26. The average molecular weight is 365 g/mol. The number of aliphatic hydroxyl groups is 1. The van der Waals surface area contributed by atoms with Crippen LogP contribution in [0.3, 0.4) is 0 Å². The molecule has 3 atom stereocenters. The largest absolute Gasteiger partial charge is 0.391 e. The van der Waals surface area contributed by atoms with Crippen molar-refractivity contribution in [3.63, 3.8) is 0 Å². The molecule has 1 unspecified atom stereocenters. The van der Waals surface area contributed by atoms with E-state index in [0.29, 0.717) is 17.9 Å². The van der Waals surface area contributed by atoms with Crippen molar-refractivity contribution in [1.82, 2.24) is 24.6 Å². The Balaban J connectivity index is 1.37. The quantitative estimate of drug-likeness (QED) is 0.724. The summed E-state index contributed by atoms with van der Waals surface area (Å²) in [7, 11) is 0. The lowest BCUT2D eigenvalue weighted by molar-refractivity contribution is 0.0873. The molecule has 7 nitrogen and oxygen atoms in total. The van der Waals surface area contributed by atoms with E-state index in [1.165, 1.54) is 0 Å². The number of aromatic nitrogens is 4. The van der Waals surface area contributed by atoms with Crippen LogP contribution in [0.15, 0.2) is 55.2 Å². The van der Waals surface area contributed by atoms with E-state index < -0.39 is 6.10 Å². The van der Waals surface area contributed by atoms with Gasteiger partial charge in [-0.1, -0.05) is 0 Å². The van der Waals surface area contributed by atoms with Gasteiger partial charge in [0.1, 0.15) is 0 Å². The van der Waals surface area contributed by atoms with Crippen LogP contribution >= 0.6 is 0 Å². The SMILES string of the molecule is Cc1ccn(-c2ccc(C(=O)N[C@@H]3CC(Cn4ccnc4)C[C@H]3O)cc2)n1. The summed E-state index contributed by atoms with van der Waals surface area (Å²) in [4.78, 5) is 16.6. The standard InChI is InChI=1S/C20H23N5O2/c1-14-6-8-25(23-14)17-4-2-16(3-5-17)20(27)22-18-10-15(11-19(18)26)12-24-9-7-21-13-24/h2-9,13,15,18-19,26H,10-12H2,1H3,(H,22,27)/t15?,18-,19-/m1/s1. The molecule has 2 N–H and O–H groups in total. The van der Waals surface area contributed by atoms with Crippen molar-refractivity contribution >= 4 is 5.91 Å². The molecule has 2 aromatic heterocycles. The lowest BCUT2D eigenvalue weighted by Gasteiger charge is -2.16. The van der Waals surface area contributed by atoms with Crippen molar-refractivity contribution in [3.8, 4) is 5.69 Å². The average Bonchev–Trinajstić information content (AvgIpc) is 3.39. The van der Waals surface area contributed by atoms with E-state index in [2.05, 4.69) is 15.4 Å². The summed E-state index contributed by atoms with van der Waals surface area (Å²) in [6.45, 7) is 2.74. The number of hydrogen-bond donors (Lipinski definition) is 2. The predicted octanol–water partition coefficient (Wildman–Crippen LogP) is 1.95. The normalized spacial score (nSPS) is 22.1. The van der Waals surface area contributed by atoms with Gasteiger partial charge in [-0.2, -0.15) is 5.10 Å². The fourth-order valence-corrected chi connectivity index (χ4v) is 3.69.